The minimum Gasteiger partial charge on any atom is -0.352 e. The number of nitrogens with one attached hydrogen (secondary N) is 1. The molecule has 0 aliphatic rings. The Morgan fingerprint density at radius 1 is 1.47 bits per heavy atom. The molecule has 0 heterocycles. The van der Waals surface area contributed by atoms with Crippen molar-refractivity contribution in [2.75, 3.05) is 6.54 Å². The maximum Gasteiger partial charge on any atom is 0.254 e. The molecule has 1 aromatic rings. The van der Waals surface area contributed by atoms with Gasteiger partial charge in [0.2, 0.25) is 0 Å². The molecule has 4 heteroatoms. The predicted octanol–water partition coefficient (Wildman–Crippen LogP) is 3.01. The summed E-state index contributed by atoms with van der Waals surface area (Å²) >= 11 is 5.69. The van der Waals surface area contributed by atoms with Crippen molar-refractivity contribution in [2.45, 2.75) is 19.3 Å². The molecule has 0 radical (unpaired) electrons. The molecule has 90 valence electrons. The molecular formula is C13H13ClFNO. The van der Waals surface area contributed by atoms with Crippen LogP contribution in [-0.2, 0) is 0 Å². The third kappa shape index (κ3) is 4.46. The fraction of sp³-hybridized carbons (Fsp3) is 0.308. The number of hydrogen-bond acceptors (Lipinski definition) is 1. The Hall–Kier alpha value is -1.53. The van der Waals surface area contributed by atoms with E-state index in [2.05, 4.69) is 11.2 Å². The van der Waals surface area contributed by atoms with E-state index in [4.69, 9.17) is 18.0 Å². The number of unbranched alkanes of at least 4 members (excludes halogenated alkanes) is 2. The lowest BCUT2D eigenvalue weighted by molar-refractivity contribution is 0.0949. The molecule has 0 aliphatic heterocycles. The van der Waals surface area contributed by atoms with Gasteiger partial charge in [0.1, 0.15) is 5.82 Å². The van der Waals surface area contributed by atoms with Gasteiger partial charge in [0.05, 0.1) is 5.56 Å². The van der Waals surface area contributed by atoms with Gasteiger partial charge in [-0.15, -0.1) is 12.3 Å². The van der Waals surface area contributed by atoms with Crippen LogP contribution in [0.3, 0.4) is 0 Å². The lowest BCUT2D eigenvalue weighted by Gasteiger charge is -2.05. The Kier molecular flexibility index (Phi) is 5.51. The van der Waals surface area contributed by atoms with Crippen LogP contribution in [0.4, 0.5) is 4.39 Å². The lowest BCUT2D eigenvalue weighted by atomic mass is 10.2. The zero-order chi connectivity index (χ0) is 12.7. The van der Waals surface area contributed by atoms with Gasteiger partial charge < -0.3 is 5.32 Å². The van der Waals surface area contributed by atoms with Crippen LogP contribution in [-0.4, -0.2) is 12.5 Å². The molecule has 1 N–H and O–H groups in total. The van der Waals surface area contributed by atoms with Crippen molar-refractivity contribution in [3.05, 3.63) is 34.6 Å². The van der Waals surface area contributed by atoms with Crippen LogP contribution in [0, 0.1) is 18.2 Å². The number of carbonyl (C=O) groups is 1. The van der Waals surface area contributed by atoms with Crippen LogP contribution < -0.4 is 5.32 Å². The van der Waals surface area contributed by atoms with E-state index in [0.29, 0.717) is 18.0 Å². The normalized spacial score (nSPS) is 9.71. The topological polar surface area (TPSA) is 29.1 Å². The molecule has 17 heavy (non-hydrogen) atoms. The summed E-state index contributed by atoms with van der Waals surface area (Å²) in [5.41, 5.74) is -0.0329. The highest BCUT2D eigenvalue weighted by Crippen LogP contribution is 2.14. The van der Waals surface area contributed by atoms with Gasteiger partial charge in [-0.25, -0.2) is 4.39 Å². The monoisotopic (exact) mass is 253 g/mol. The summed E-state index contributed by atoms with van der Waals surface area (Å²) in [6.45, 7) is 0.479. The second-order valence-corrected chi connectivity index (χ2v) is 3.98. The van der Waals surface area contributed by atoms with E-state index in [1.54, 1.807) is 0 Å². The zero-order valence-electron chi connectivity index (χ0n) is 9.30. The predicted molar refractivity (Wildman–Crippen MR) is 66.4 cm³/mol. The molecular weight excluding hydrogens is 241 g/mol. The van der Waals surface area contributed by atoms with Crippen LogP contribution in [0.25, 0.3) is 0 Å². The SMILES string of the molecule is C#CCCCCNC(=O)c1cc(Cl)ccc1F. The summed E-state index contributed by atoms with van der Waals surface area (Å²) in [6, 6.07) is 3.89. The van der Waals surface area contributed by atoms with Gasteiger partial charge in [0.15, 0.2) is 0 Å². The quantitative estimate of drug-likeness (QED) is 0.634. The summed E-state index contributed by atoms with van der Waals surface area (Å²) in [5.74, 6) is 1.49. The molecule has 0 fully saturated rings. The van der Waals surface area contributed by atoms with E-state index in [1.807, 2.05) is 0 Å². The van der Waals surface area contributed by atoms with Crippen LogP contribution >= 0.6 is 11.6 Å². The van der Waals surface area contributed by atoms with Crippen molar-refractivity contribution in [1.82, 2.24) is 5.32 Å². The molecule has 1 rings (SSSR count). The standard InChI is InChI=1S/C13H13ClFNO/c1-2-3-4-5-8-16-13(17)11-9-10(14)6-7-12(11)15/h1,6-7,9H,3-5,8H2,(H,16,17). The lowest BCUT2D eigenvalue weighted by Crippen LogP contribution is -2.25. The van der Waals surface area contributed by atoms with E-state index in [9.17, 15) is 9.18 Å². The van der Waals surface area contributed by atoms with Gasteiger partial charge in [-0.3, -0.25) is 4.79 Å². The molecule has 0 aromatic heterocycles. The molecule has 0 atom stereocenters. The summed E-state index contributed by atoms with van der Waals surface area (Å²) in [6.07, 6.45) is 7.40. The fourth-order valence-electron chi connectivity index (χ4n) is 1.32. The molecule has 0 aliphatic carbocycles. The number of terminal acetylenes is 1. The second kappa shape index (κ2) is 6.93. The van der Waals surface area contributed by atoms with Crippen LogP contribution in [0.1, 0.15) is 29.6 Å². The zero-order valence-corrected chi connectivity index (χ0v) is 10.1. The maximum atomic E-state index is 13.3. The Morgan fingerprint density at radius 3 is 2.94 bits per heavy atom. The number of amides is 1. The Balaban J connectivity index is 2.47. The average molecular weight is 254 g/mol. The molecule has 0 saturated carbocycles. The van der Waals surface area contributed by atoms with Crippen LogP contribution in [0.2, 0.25) is 5.02 Å². The number of hydrogen-bond donors (Lipinski definition) is 1. The molecule has 0 bridgehead atoms. The van der Waals surface area contributed by atoms with E-state index >= 15 is 0 Å². The highest BCUT2D eigenvalue weighted by molar-refractivity contribution is 6.30. The van der Waals surface area contributed by atoms with Gasteiger partial charge in [-0.2, -0.15) is 0 Å². The third-order valence-corrected chi connectivity index (χ3v) is 2.44. The summed E-state index contributed by atoms with van der Waals surface area (Å²) < 4.78 is 13.3. The molecule has 1 aromatic carbocycles. The van der Waals surface area contributed by atoms with E-state index in [-0.39, 0.29) is 5.56 Å². The summed E-state index contributed by atoms with van der Waals surface area (Å²) in [4.78, 5) is 11.6. The van der Waals surface area contributed by atoms with Crippen molar-refractivity contribution < 1.29 is 9.18 Å². The van der Waals surface area contributed by atoms with Crippen molar-refractivity contribution in [1.29, 1.82) is 0 Å². The maximum absolute atomic E-state index is 13.3. The molecule has 0 unspecified atom stereocenters. The van der Waals surface area contributed by atoms with Gasteiger partial charge in [0, 0.05) is 18.0 Å². The molecule has 0 saturated heterocycles. The average Bonchev–Trinajstić information content (AvgIpc) is 2.32. The van der Waals surface area contributed by atoms with Crippen molar-refractivity contribution in [3.8, 4) is 12.3 Å². The van der Waals surface area contributed by atoms with E-state index in [0.717, 1.165) is 12.8 Å². The first kappa shape index (κ1) is 13.5. The first-order valence-electron chi connectivity index (χ1n) is 5.32. The van der Waals surface area contributed by atoms with Gasteiger partial charge in [-0.05, 0) is 31.0 Å². The first-order chi connectivity index (χ1) is 8.15. The molecule has 0 spiro atoms. The van der Waals surface area contributed by atoms with Crippen molar-refractivity contribution in [2.24, 2.45) is 0 Å². The van der Waals surface area contributed by atoms with Crippen LogP contribution in [0.15, 0.2) is 18.2 Å². The van der Waals surface area contributed by atoms with Crippen LogP contribution in [0.5, 0.6) is 0 Å². The fourth-order valence-corrected chi connectivity index (χ4v) is 1.49. The highest BCUT2D eigenvalue weighted by Gasteiger charge is 2.11. The Morgan fingerprint density at radius 2 is 2.24 bits per heavy atom. The third-order valence-electron chi connectivity index (χ3n) is 2.21. The summed E-state index contributed by atoms with van der Waals surface area (Å²) in [7, 11) is 0. The highest BCUT2D eigenvalue weighted by atomic mass is 35.5. The minimum absolute atomic E-state index is 0.0329. The number of carbonyl (C=O) groups excluding carboxylic acids is 1. The number of halogens is 2. The Bertz CT molecular complexity index is 440. The molecule has 1 amide bonds. The van der Waals surface area contributed by atoms with Gasteiger partial charge in [-0.1, -0.05) is 11.6 Å². The van der Waals surface area contributed by atoms with E-state index in [1.165, 1.54) is 18.2 Å². The second-order valence-electron chi connectivity index (χ2n) is 3.54. The minimum atomic E-state index is -0.574. The smallest absolute Gasteiger partial charge is 0.254 e. The number of rotatable bonds is 5. The molecule has 2 nitrogen and oxygen atoms in total. The number of benzene rings is 1. The first-order valence-corrected chi connectivity index (χ1v) is 5.69. The van der Waals surface area contributed by atoms with Crippen molar-refractivity contribution in [3.63, 3.8) is 0 Å². The largest absolute Gasteiger partial charge is 0.352 e. The Labute approximate surface area is 105 Å². The van der Waals surface area contributed by atoms with Gasteiger partial charge >= 0.3 is 0 Å². The summed E-state index contributed by atoms with van der Waals surface area (Å²) in [5, 5.41) is 2.96. The van der Waals surface area contributed by atoms with Crippen molar-refractivity contribution >= 4 is 17.5 Å². The van der Waals surface area contributed by atoms with Gasteiger partial charge in [0.25, 0.3) is 5.91 Å². The van der Waals surface area contributed by atoms with E-state index < -0.39 is 11.7 Å².